The Balaban J connectivity index is 1.68. The van der Waals surface area contributed by atoms with Gasteiger partial charge in [-0.3, -0.25) is 14.6 Å². The molecule has 2 atom stereocenters. The van der Waals surface area contributed by atoms with Crippen LogP contribution in [0.15, 0.2) is 48.8 Å². The number of carbonyl (C=O) groups is 2. The van der Waals surface area contributed by atoms with Gasteiger partial charge in [0.25, 0.3) is 0 Å². The first-order chi connectivity index (χ1) is 14.7. The van der Waals surface area contributed by atoms with Gasteiger partial charge in [-0.1, -0.05) is 18.2 Å². The van der Waals surface area contributed by atoms with Crippen LogP contribution in [0, 0.1) is 0 Å². The maximum atomic E-state index is 13.5. The Labute approximate surface area is 178 Å². The fraction of sp³-hybridized carbons (Fsp3) is 0.409. The Bertz CT molecular complexity index is 904. The van der Waals surface area contributed by atoms with Crippen LogP contribution in [0.2, 0.25) is 0 Å². The number of ether oxygens (including phenoxy) is 1. The van der Waals surface area contributed by atoms with Crippen LogP contribution in [0.25, 0.3) is 0 Å². The number of aromatic nitrogens is 1. The summed E-state index contributed by atoms with van der Waals surface area (Å²) in [6, 6.07) is 7.86. The fourth-order valence-electron chi connectivity index (χ4n) is 3.80. The highest BCUT2D eigenvalue weighted by molar-refractivity contribution is 5.80. The summed E-state index contributed by atoms with van der Waals surface area (Å²) in [6.45, 7) is 0. The number of alkyl halides is 3. The van der Waals surface area contributed by atoms with Crippen LogP contribution in [0.4, 0.5) is 13.2 Å². The number of methoxy groups -OCH3 is 1. The normalized spacial score (nSPS) is 19.5. The number of carbonyl (C=O) groups excluding carboxylic acids is 2. The van der Waals surface area contributed by atoms with Crippen molar-refractivity contribution in [2.45, 2.75) is 49.9 Å². The van der Waals surface area contributed by atoms with Gasteiger partial charge in [-0.2, -0.15) is 13.2 Å². The van der Waals surface area contributed by atoms with E-state index in [9.17, 15) is 22.8 Å². The summed E-state index contributed by atoms with van der Waals surface area (Å²) in [5.74, 6) is -0.167. The molecule has 0 aliphatic carbocycles. The Morgan fingerprint density at radius 3 is 2.58 bits per heavy atom. The lowest BCUT2D eigenvalue weighted by Gasteiger charge is -2.30. The summed E-state index contributed by atoms with van der Waals surface area (Å²) in [4.78, 5) is 28.0. The van der Waals surface area contributed by atoms with Crippen LogP contribution in [-0.2, 0) is 16.0 Å². The highest BCUT2D eigenvalue weighted by Gasteiger charge is 2.43. The quantitative estimate of drug-likeness (QED) is 0.665. The molecule has 0 spiro atoms. The van der Waals surface area contributed by atoms with Gasteiger partial charge in [0.15, 0.2) is 6.04 Å². The molecule has 2 amide bonds. The van der Waals surface area contributed by atoms with Crippen LogP contribution in [0.1, 0.15) is 42.9 Å². The summed E-state index contributed by atoms with van der Waals surface area (Å²) in [6.07, 6.45) is -0.819. The largest absolute Gasteiger partial charge is 0.497 e. The summed E-state index contributed by atoms with van der Waals surface area (Å²) >= 11 is 0. The van der Waals surface area contributed by atoms with Crippen molar-refractivity contribution in [3.63, 3.8) is 0 Å². The second-order valence-corrected chi connectivity index (χ2v) is 7.68. The molecule has 1 aliphatic heterocycles. The van der Waals surface area contributed by atoms with Gasteiger partial charge in [-0.05, 0) is 43.0 Å². The zero-order valence-corrected chi connectivity index (χ0v) is 17.0. The topological polar surface area (TPSA) is 80.3 Å². The van der Waals surface area contributed by atoms with E-state index in [2.05, 4.69) is 15.6 Å². The number of amides is 2. The highest BCUT2D eigenvalue weighted by Crippen LogP contribution is 2.33. The van der Waals surface area contributed by atoms with Crippen molar-refractivity contribution in [1.29, 1.82) is 0 Å². The average molecular weight is 435 g/mol. The lowest BCUT2D eigenvalue weighted by atomic mass is 9.85. The smallest absolute Gasteiger partial charge is 0.412 e. The van der Waals surface area contributed by atoms with Gasteiger partial charge in [0, 0.05) is 36.3 Å². The molecule has 0 saturated carbocycles. The minimum absolute atomic E-state index is 0.127. The third kappa shape index (κ3) is 5.96. The first kappa shape index (κ1) is 22.6. The van der Waals surface area contributed by atoms with Crippen LogP contribution in [-0.4, -0.2) is 35.6 Å². The van der Waals surface area contributed by atoms with Crippen molar-refractivity contribution < 1.29 is 27.5 Å². The number of rotatable bonds is 8. The number of halogens is 3. The van der Waals surface area contributed by atoms with E-state index in [1.54, 1.807) is 19.2 Å². The molecule has 1 aromatic heterocycles. The third-order valence-corrected chi connectivity index (χ3v) is 5.42. The second kappa shape index (κ2) is 9.36. The van der Waals surface area contributed by atoms with Gasteiger partial charge in [0.1, 0.15) is 5.75 Å². The number of pyridine rings is 1. The van der Waals surface area contributed by atoms with Gasteiger partial charge in [0.05, 0.1) is 7.11 Å². The Hall–Kier alpha value is -3.10. The van der Waals surface area contributed by atoms with Gasteiger partial charge in [0.2, 0.25) is 11.8 Å². The number of hydrogen-bond donors (Lipinski definition) is 2. The van der Waals surface area contributed by atoms with E-state index in [0.29, 0.717) is 25.0 Å². The van der Waals surface area contributed by atoms with Gasteiger partial charge in [-0.25, -0.2) is 0 Å². The van der Waals surface area contributed by atoms with Crippen LogP contribution in [0.5, 0.6) is 5.75 Å². The van der Waals surface area contributed by atoms with Crippen LogP contribution >= 0.6 is 0 Å². The average Bonchev–Trinajstić information content (AvgIpc) is 3.11. The molecule has 1 aromatic carbocycles. The maximum absolute atomic E-state index is 13.5. The minimum Gasteiger partial charge on any atom is -0.497 e. The molecular weight excluding hydrogens is 411 g/mol. The number of hydrogen-bond acceptors (Lipinski definition) is 4. The lowest BCUT2D eigenvalue weighted by molar-refractivity contribution is -0.163. The predicted molar refractivity (Wildman–Crippen MR) is 107 cm³/mol. The minimum atomic E-state index is -4.65. The van der Waals surface area contributed by atoms with Crippen molar-refractivity contribution in [3.8, 4) is 5.75 Å². The standard InChI is InChI=1S/C22H24F3N3O3/c1-31-17-6-4-15(5-7-17)13-21(11-9-19(30)28-21)10-8-18(29)27-20(22(23,24)25)16-3-2-12-26-14-16/h2-7,12,14,20H,8-11,13H2,1H3,(H,27,29)(H,28,30)/t20-,21+/m1/s1. The molecule has 2 aromatic rings. The SMILES string of the molecule is COc1ccc(C[C@]2(CCC(=O)N[C@H](c3cccnc3)C(F)(F)F)CCC(=O)N2)cc1. The molecule has 9 heteroatoms. The summed E-state index contributed by atoms with van der Waals surface area (Å²) in [5.41, 5.74) is 0.128. The van der Waals surface area contributed by atoms with E-state index in [1.165, 1.54) is 18.3 Å². The molecule has 0 unspecified atom stereocenters. The summed E-state index contributed by atoms with van der Waals surface area (Å²) in [5, 5.41) is 5.00. The van der Waals surface area contributed by atoms with E-state index < -0.39 is 23.7 Å². The Morgan fingerprint density at radius 1 is 1.29 bits per heavy atom. The van der Waals surface area contributed by atoms with Crippen molar-refractivity contribution in [3.05, 3.63) is 59.9 Å². The molecular formula is C22H24F3N3O3. The van der Waals surface area contributed by atoms with E-state index in [1.807, 2.05) is 12.1 Å². The molecule has 0 bridgehead atoms. The number of benzene rings is 1. The molecule has 2 N–H and O–H groups in total. The number of nitrogens with zero attached hydrogens (tertiary/aromatic N) is 1. The summed E-state index contributed by atoms with van der Waals surface area (Å²) < 4.78 is 45.6. The molecule has 2 heterocycles. The van der Waals surface area contributed by atoms with Crippen molar-refractivity contribution in [2.75, 3.05) is 7.11 Å². The van der Waals surface area contributed by atoms with Gasteiger partial charge in [-0.15, -0.1) is 0 Å². The van der Waals surface area contributed by atoms with Gasteiger partial charge >= 0.3 is 6.18 Å². The van der Waals surface area contributed by atoms with Crippen molar-refractivity contribution >= 4 is 11.8 Å². The van der Waals surface area contributed by atoms with E-state index in [4.69, 9.17) is 4.74 Å². The van der Waals surface area contributed by atoms with Gasteiger partial charge < -0.3 is 15.4 Å². The zero-order chi connectivity index (χ0) is 22.5. The lowest BCUT2D eigenvalue weighted by Crippen LogP contribution is -2.45. The van der Waals surface area contributed by atoms with E-state index in [0.717, 1.165) is 11.8 Å². The molecule has 31 heavy (non-hydrogen) atoms. The maximum Gasteiger partial charge on any atom is 0.412 e. The molecule has 166 valence electrons. The monoisotopic (exact) mass is 435 g/mol. The van der Waals surface area contributed by atoms with Crippen molar-refractivity contribution in [1.82, 2.24) is 15.6 Å². The van der Waals surface area contributed by atoms with Crippen molar-refractivity contribution in [2.24, 2.45) is 0 Å². The molecule has 0 radical (unpaired) electrons. The first-order valence-corrected chi connectivity index (χ1v) is 9.91. The number of nitrogens with one attached hydrogen (secondary N) is 2. The molecule has 6 nitrogen and oxygen atoms in total. The molecule has 3 rings (SSSR count). The summed E-state index contributed by atoms with van der Waals surface area (Å²) in [7, 11) is 1.56. The molecule has 1 saturated heterocycles. The predicted octanol–water partition coefficient (Wildman–Crippen LogP) is 3.48. The zero-order valence-electron chi connectivity index (χ0n) is 17.0. The van der Waals surface area contributed by atoms with E-state index >= 15 is 0 Å². The first-order valence-electron chi connectivity index (χ1n) is 9.91. The van der Waals surface area contributed by atoms with Crippen LogP contribution in [0.3, 0.4) is 0 Å². The molecule has 1 aliphatic rings. The fourth-order valence-corrected chi connectivity index (χ4v) is 3.80. The van der Waals surface area contributed by atoms with Crippen LogP contribution < -0.4 is 15.4 Å². The Morgan fingerprint density at radius 2 is 2.03 bits per heavy atom. The second-order valence-electron chi connectivity index (χ2n) is 7.68. The highest BCUT2D eigenvalue weighted by atomic mass is 19.4. The van der Waals surface area contributed by atoms with E-state index in [-0.39, 0.29) is 24.3 Å². The molecule has 1 fully saturated rings. The third-order valence-electron chi connectivity index (χ3n) is 5.42. The Kier molecular flexibility index (Phi) is 6.82.